The third-order valence-electron chi connectivity index (χ3n) is 2.27. The molecule has 0 radical (unpaired) electrons. The number of carbonyl (C=O) groups excluding carboxylic acids is 2. The summed E-state index contributed by atoms with van der Waals surface area (Å²) in [6.45, 7) is 0. The highest BCUT2D eigenvalue weighted by atomic mass is 32.2. The Morgan fingerprint density at radius 3 is 1.68 bits per heavy atom. The SMILES string of the molecule is N#CC1(C(=O)OC(=O)C2(C#N)NC=CS2)NC=CS1. The predicted molar refractivity (Wildman–Crippen MR) is 67.5 cm³/mol. The summed E-state index contributed by atoms with van der Waals surface area (Å²) in [7, 11) is 0. The molecule has 2 aliphatic rings. The van der Waals surface area contributed by atoms with Crippen LogP contribution in [-0.2, 0) is 14.3 Å². The van der Waals surface area contributed by atoms with E-state index in [0.29, 0.717) is 0 Å². The highest BCUT2D eigenvalue weighted by molar-refractivity contribution is 8.05. The van der Waals surface area contributed by atoms with Crippen molar-refractivity contribution < 1.29 is 14.3 Å². The molecule has 96 valence electrons. The van der Waals surface area contributed by atoms with Crippen LogP contribution in [0.2, 0.25) is 0 Å². The molecule has 7 nitrogen and oxygen atoms in total. The Kier molecular flexibility index (Phi) is 3.42. The standard InChI is InChI=1S/C10H6N4O3S2/c11-5-9(13-1-3-18-9)7(15)17-8(16)10(6-12)14-2-4-19-10/h1-4,13-14H. The van der Waals surface area contributed by atoms with Gasteiger partial charge in [0.15, 0.2) is 0 Å². The molecule has 9 heteroatoms. The monoisotopic (exact) mass is 294 g/mol. The Bertz CT molecular complexity index is 506. The van der Waals surface area contributed by atoms with Gasteiger partial charge >= 0.3 is 11.9 Å². The number of hydrogen-bond acceptors (Lipinski definition) is 9. The first-order valence-corrected chi connectivity index (χ1v) is 6.65. The first-order chi connectivity index (χ1) is 9.08. The molecule has 0 fully saturated rings. The van der Waals surface area contributed by atoms with Gasteiger partial charge in [-0.2, -0.15) is 10.5 Å². The minimum atomic E-state index is -1.68. The summed E-state index contributed by atoms with van der Waals surface area (Å²) in [5.41, 5.74) is 0. The van der Waals surface area contributed by atoms with Gasteiger partial charge in [0.05, 0.1) is 0 Å². The maximum atomic E-state index is 11.9. The Morgan fingerprint density at radius 2 is 1.42 bits per heavy atom. The highest BCUT2D eigenvalue weighted by Crippen LogP contribution is 2.32. The van der Waals surface area contributed by atoms with Gasteiger partial charge in [-0.3, -0.25) is 0 Å². The van der Waals surface area contributed by atoms with E-state index in [2.05, 4.69) is 15.4 Å². The lowest BCUT2D eigenvalue weighted by Gasteiger charge is -2.21. The van der Waals surface area contributed by atoms with Crippen molar-refractivity contribution in [3.8, 4) is 12.1 Å². The van der Waals surface area contributed by atoms with Gasteiger partial charge in [0, 0.05) is 12.4 Å². The van der Waals surface area contributed by atoms with Crippen molar-refractivity contribution in [2.45, 2.75) is 9.74 Å². The predicted octanol–water partition coefficient (Wildman–Crippen LogP) is 0.111. The van der Waals surface area contributed by atoms with Crippen molar-refractivity contribution >= 4 is 35.5 Å². The molecule has 19 heavy (non-hydrogen) atoms. The second-order valence-corrected chi connectivity index (χ2v) is 5.63. The molecule has 0 aromatic rings. The summed E-state index contributed by atoms with van der Waals surface area (Å²) in [6, 6.07) is 3.48. The van der Waals surface area contributed by atoms with Crippen LogP contribution < -0.4 is 10.6 Å². The number of thioether (sulfide) groups is 2. The lowest BCUT2D eigenvalue weighted by atomic mass is 10.3. The molecule has 2 aliphatic heterocycles. The van der Waals surface area contributed by atoms with Crippen LogP contribution >= 0.6 is 23.5 Å². The second kappa shape index (κ2) is 4.88. The third kappa shape index (κ3) is 2.14. The van der Waals surface area contributed by atoms with Crippen LogP contribution in [0.3, 0.4) is 0 Å². The van der Waals surface area contributed by atoms with Crippen LogP contribution in [0.15, 0.2) is 23.2 Å². The number of nitriles is 2. The van der Waals surface area contributed by atoms with E-state index in [-0.39, 0.29) is 0 Å². The van der Waals surface area contributed by atoms with Crippen LogP contribution in [0, 0.1) is 22.7 Å². The Labute approximate surface area is 116 Å². The number of ether oxygens (including phenoxy) is 1. The molecule has 0 aromatic carbocycles. The quantitative estimate of drug-likeness (QED) is 0.540. The second-order valence-electron chi connectivity index (χ2n) is 3.39. The van der Waals surface area contributed by atoms with Crippen molar-refractivity contribution in [3.63, 3.8) is 0 Å². The number of nitrogens with zero attached hydrogens (tertiary/aromatic N) is 2. The largest absolute Gasteiger partial charge is 0.387 e. The van der Waals surface area contributed by atoms with E-state index in [1.807, 2.05) is 0 Å². The van der Waals surface area contributed by atoms with Gasteiger partial charge in [0.2, 0.25) is 0 Å². The number of hydrogen-bond donors (Lipinski definition) is 2. The van der Waals surface area contributed by atoms with Crippen LogP contribution in [0.25, 0.3) is 0 Å². The van der Waals surface area contributed by atoms with E-state index in [1.54, 1.807) is 12.1 Å². The molecule has 2 rings (SSSR count). The lowest BCUT2D eigenvalue weighted by Crippen LogP contribution is -2.50. The molecule has 2 N–H and O–H groups in total. The van der Waals surface area contributed by atoms with E-state index >= 15 is 0 Å². The Balaban J connectivity index is 2.10. The zero-order valence-electron chi connectivity index (χ0n) is 9.25. The fourth-order valence-corrected chi connectivity index (χ4v) is 2.63. The Morgan fingerprint density at radius 1 is 1.00 bits per heavy atom. The summed E-state index contributed by atoms with van der Waals surface area (Å²) in [5.74, 6) is -2.11. The highest BCUT2D eigenvalue weighted by Gasteiger charge is 2.49. The molecule has 0 aliphatic carbocycles. The molecule has 2 heterocycles. The molecule has 0 spiro atoms. The topological polar surface area (TPSA) is 115 Å². The van der Waals surface area contributed by atoms with Crippen LogP contribution in [0.5, 0.6) is 0 Å². The van der Waals surface area contributed by atoms with E-state index in [1.165, 1.54) is 23.2 Å². The molecule has 2 atom stereocenters. The summed E-state index contributed by atoms with van der Waals surface area (Å²) in [6.07, 6.45) is 2.81. The molecule has 0 amide bonds. The summed E-state index contributed by atoms with van der Waals surface area (Å²) in [4.78, 5) is 20.4. The molecule has 0 saturated carbocycles. The minimum absolute atomic E-state index is 0.884. The smallest absolute Gasteiger partial charge is 0.365 e. The van der Waals surface area contributed by atoms with E-state index in [0.717, 1.165) is 23.5 Å². The molecular weight excluding hydrogens is 288 g/mol. The average Bonchev–Trinajstić information content (AvgIpc) is 3.09. The van der Waals surface area contributed by atoms with Crippen molar-refractivity contribution in [3.05, 3.63) is 23.2 Å². The molecular formula is C10H6N4O3S2. The number of nitrogens with one attached hydrogen (secondary N) is 2. The van der Waals surface area contributed by atoms with Gasteiger partial charge in [-0.25, -0.2) is 9.59 Å². The van der Waals surface area contributed by atoms with Crippen LogP contribution in [0.1, 0.15) is 0 Å². The molecule has 0 bridgehead atoms. The van der Waals surface area contributed by atoms with Crippen molar-refractivity contribution in [2.24, 2.45) is 0 Å². The fraction of sp³-hybridized carbons (Fsp3) is 0.200. The normalized spacial score (nSPS) is 30.8. The van der Waals surface area contributed by atoms with Crippen LogP contribution in [0.4, 0.5) is 0 Å². The maximum Gasteiger partial charge on any atom is 0.365 e. The van der Waals surface area contributed by atoms with E-state index < -0.39 is 21.7 Å². The van der Waals surface area contributed by atoms with Crippen molar-refractivity contribution in [1.82, 2.24) is 10.6 Å². The van der Waals surface area contributed by atoms with Gasteiger partial charge in [0.1, 0.15) is 12.1 Å². The van der Waals surface area contributed by atoms with Gasteiger partial charge in [-0.15, -0.1) is 0 Å². The van der Waals surface area contributed by atoms with Gasteiger partial charge in [0.25, 0.3) is 9.74 Å². The summed E-state index contributed by atoms with van der Waals surface area (Å²) in [5, 5.41) is 26.0. The fourth-order valence-electron chi connectivity index (χ4n) is 1.29. The zero-order valence-corrected chi connectivity index (χ0v) is 10.9. The van der Waals surface area contributed by atoms with Gasteiger partial charge < -0.3 is 15.4 Å². The van der Waals surface area contributed by atoms with Crippen molar-refractivity contribution in [1.29, 1.82) is 10.5 Å². The number of rotatable bonds is 2. The first kappa shape index (κ1) is 13.3. The summed E-state index contributed by atoms with van der Waals surface area (Å²) >= 11 is 1.77. The van der Waals surface area contributed by atoms with Gasteiger partial charge in [-0.1, -0.05) is 23.5 Å². The van der Waals surface area contributed by atoms with Gasteiger partial charge in [-0.05, 0) is 10.8 Å². The molecule has 2 unspecified atom stereocenters. The average molecular weight is 294 g/mol. The van der Waals surface area contributed by atoms with Crippen LogP contribution in [-0.4, -0.2) is 21.7 Å². The molecule has 0 saturated heterocycles. The molecule has 0 aromatic heterocycles. The Hall–Kier alpha value is -2.10. The zero-order chi connectivity index (χ0) is 13.9. The minimum Gasteiger partial charge on any atom is -0.387 e. The summed E-state index contributed by atoms with van der Waals surface area (Å²) < 4.78 is 4.64. The van der Waals surface area contributed by atoms with E-state index in [4.69, 9.17) is 10.5 Å². The van der Waals surface area contributed by atoms with E-state index in [9.17, 15) is 9.59 Å². The third-order valence-corrected chi connectivity index (χ3v) is 4.28. The maximum absolute atomic E-state index is 11.9. The lowest BCUT2D eigenvalue weighted by molar-refractivity contribution is -0.161. The number of esters is 2. The van der Waals surface area contributed by atoms with Crippen molar-refractivity contribution in [2.75, 3.05) is 0 Å². The number of carbonyl (C=O) groups is 2. The first-order valence-electron chi connectivity index (χ1n) is 4.89.